The van der Waals surface area contributed by atoms with Crippen molar-refractivity contribution in [3.63, 3.8) is 0 Å². The van der Waals surface area contributed by atoms with E-state index in [1.54, 1.807) is 0 Å². The van der Waals surface area contributed by atoms with Gasteiger partial charge in [-0.1, -0.05) is 76.5 Å². The van der Waals surface area contributed by atoms with Crippen LogP contribution in [0.4, 0.5) is 0 Å². The number of hydrogen-bond donors (Lipinski definition) is 0. The first kappa shape index (κ1) is 13.1. The molecular weight excluding hydrogens is 235 g/mol. The average Bonchev–Trinajstić information content (AvgIpc) is 2.91. The summed E-state index contributed by atoms with van der Waals surface area (Å²) in [6, 6.07) is 28.2. The van der Waals surface area contributed by atoms with Crippen LogP contribution in [-0.2, 0) is 0 Å². The van der Waals surface area contributed by atoms with Gasteiger partial charge in [-0.15, -0.1) is 24.3 Å². The van der Waals surface area contributed by atoms with Crippen LogP contribution in [0.3, 0.4) is 0 Å². The van der Waals surface area contributed by atoms with E-state index in [9.17, 15) is 0 Å². The van der Waals surface area contributed by atoms with Crippen LogP contribution in [0.15, 0.2) is 78.9 Å². The summed E-state index contributed by atoms with van der Waals surface area (Å²) in [7, 11) is 0. The Kier molecular flexibility index (Phi) is 3.45. The first-order valence-electron chi connectivity index (χ1n) is 6.55. The Hall–Kier alpha value is -1.87. The Morgan fingerprint density at radius 2 is 1.30 bits per heavy atom. The predicted octanol–water partition coefficient (Wildman–Crippen LogP) is 2.38. The van der Waals surface area contributed by atoms with Gasteiger partial charge in [0.1, 0.15) is 0 Å². The van der Waals surface area contributed by atoms with Gasteiger partial charge in [-0.3, -0.25) is 0 Å². The molecule has 0 saturated heterocycles. The van der Waals surface area contributed by atoms with Crippen molar-refractivity contribution >= 4 is 21.5 Å². The molecule has 0 unspecified atom stereocenters. The zero-order chi connectivity index (χ0) is 12.7. The second kappa shape index (κ2) is 5.25. The minimum Gasteiger partial charge on any atom is -0.129 e. The van der Waals surface area contributed by atoms with Crippen molar-refractivity contribution in [2.75, 3.05) is 0 Å². The summed E-state index contributed by atoms with van der Waals surface area (Å²) in [5, 5.41) is 5.23. The monoisotopic (exact) mass is 248 g/mol. The van der Waals surface area contributed by atoms with Crippen molar-refractivity contribution < 1.29 is 18.9 Å². The van der Waals surface area contributed by atoms with E-state index in [0.29, 0.717) is 0 Å². The van der Waals surface area contributed by atoms with Gasteiger partial charge >= 0.3 is 18.9 Å². The molecule has 4 rings (SSSR count). The molecule has 0 N–H and O–H groups in total. The van der Waals surface area contributed by atoms with E-state index in [2.05, 4.69) is 78.9 Å². The molecule has 0 aromatic heterocycles. The van der Waals surface area contributed by atoms with E-state index < -0.39 is 0 Å². The summed E-state index contributed by atoms with van der Waals surface area (Å²) in [6.45, 7) is 0. The van der Waals surface area contributed by atoms with Crippen LogP contribution in [0, 0.1) is 0 Å². The normalized spacial score (nSPS) is 10.6. The maximum atomic E-state index is 2.27. The van der Waals surface area contributed by atoms with Gasteiger partial charge < -0.3 is 0 Å². The van der Waals surface area contributed by atoms with E-state index in [4.69, 9.17) is 0 Å². The van der Waals surface area contributed by atoms with Gasteiger partial charge in [0.15, 0.2) is 0 Å². The summed E-state index contributed by atoms with van der Waals surface area (Å²) in [5.41, 5.74) is 2.61. The first-order valence-corrected chi connectivity index (χ1v) is 6.55. The van der Waals surface area contributed by atoms with Crippen molar-refractivity contribution in [1.82, 2.24) is 0 Å². The third-order valence-corrected chi connectivity index (χ3v) is 3.74. The summed E-state index contributed by atoms with van der Waals surface area (Å²) in [5.74, 6) is 0. The minimum atomic E-state index is 0. The first-order chi connectivity index (χ1) is 9.42. The molecule has 0 amide bonds. The Morgan fingerprint density at radius 1 is 0.600 bits per heavy atom. The molecule has 0 radical (unpaired) electrons. The van der Waals surface area contributed by atoms with Crippen molar-refractivity contribution in [2.45, 2.75) is 0 Å². The second-order valence-electron chi connectivity index (χ2n) is 4.90. The quantitative estimate of drug-likeness (QED) is 0.358. The smallest absolute Gasteiger partial charge is 0.129 e. The summed E-state index contributed by atoms with van der Waals surface area (Å²) >= 11 is 0. The molecule has 0 spiro atoms. The van der Waals surface area contributed by atoms with Gasteiger partial charge in [0.25, 0.3) is 0 Å². The third-order valence-electron chi connectivity index (χ3n) is 3.74. The minimum absolute atomic E-state index is 0. The molecule has 4 aromatic carbocycles. The maximum Gasteiger partial charge on any atom is 1.00 e. The van der Waals surface area contributed by atoms with Gasteiger partial charge in [-0.2, -0.15) is 0 Å². The summed E-state index contributed by atoms with van der Waals surface area (Å²) < 4.78 is 0. The molecule has 1 heteroatoms. The Balaban J connectivity index is 0.00000121. The molecule has 0 bridgehead atoms. The fourth-order valence-electron chi connectivity index (χ4n) is 2.76. The van der Waals surface area contributed by atoms with Gasteiger partial charge in [0.05, 0.1) is 0 Å². The van der Waals surface area contributed by atoms with Crippen LogP contribution >= 0.6 is 0 Å². The van der Waals surface area contributed by atoms with Crippen molar-refractivity contribution in [1.29, 1.82) is 0 Å². The Morgan fingerprint density at radius 3 is 2.15 bits per heavy atom. The molecule has 0 aliphatic rings. The van der Waals surface area contributed by atoms with Gasteiger partial charge in [0, 0.05) is 0 Å². The molecule has 20 heavy (non-hydrogen) atoms. The van der Waals surface area contributed by atoms with E-state index in [1.165, 1.54) is 32.7 Å². The molecule has 0 aliphatic carbocycles. The predicted molar refractivity (Wildman–Crippen MR) is 82.5 cm³/mol. The second-order valence-corrected chi connectivity index (χ2v) is 4.90. The van der Waals surface area contributed by atoms with Crippen LogP contribution < -0.4 is 18.9 Å². The van der Waals surface area contributed by atoms with Crippen LogP contribution in [0.25, 0.3) is 32.7 Å². The van der Waals surface area contributed by atoms with E-state index in [1.807, 2.05) is 0 Å². The molecule has 0 fully saturated rings. The zero-order valence-corrected chi connectivity index (χ0v) is 11.5. The largest absolute Gasteiger partial charge is 1.00 e. The van der Waals surface area contributed by atoms with Crippen LogP contribution in [0.5, 0.6) is 0 Å². The van der Waals surface area contributed by atoms with Crippen molar-refractivity contribution in [2.24, 2.45) is 0 Å². The molecular formula is C19H13Li. The van der Waals surface area contributed by atoms with Crippen molar-refractivity contribution in [3.05, 3.63) is 78.9 Å². The zero-order valence-electron chi connectivity index (χ0n) is 11.5. The number of benzene rings is 3. The third kappa shape index (κ3) is 2.08. The fraction of sp³-hybridized carbons (Fsp3) is 0. The SMILES string of the molecule is [Li+].c1ccc2cc(-[c-]3ccc4ccccc43)ccc2c1. The molecule has 0 aliphatic heterocycles. The number of rotatable bonds is 1. The van der Waals surface area contributed by atoms with Gasteiger partial charge in [-0.25, -0.2) is 0 Å². The topological polar surface area (TPSA) is 0 Å². The average molecular weight is 248 g/mol. The Bertz CT molecular complexity index is 871. The molecule has 0 nitrogen and oxygen atoms in total. The van der Waals surface area contributed by atoms with Gasteiger partial charge in [-0.05, 0) is 10.8 Å². The van der Waals surface area contributed by atoms with E-state index in [0.717, 1.165) is 0 Å². The fourth-order valence-corrected chi connectivity index (χ4v) is 2.76. The van der Waals surface area contributed by atoms with Gasteiger partial charge in [0.2, 0.25) is 0 Å². The van der Waals surface area contributed by atoms with E-state index >= 15 is 0 Å². The maximum absolute atomic E-state index is 2.27. The Labute approximate surface area is 130 Å². The number of fused-ring (bicyclic) bond motifs is 2. The summed E-state index contributed by atoms with van der Waals surface area (Å²) in [6.07, 6.45) is 0. The van der Waals surface area contributed by atoms with Crippen LogP contribution in [0.1, 0.15) is 0 Å². The summed E-state index contributed by atoms with van der Waals surface area (Å²) in [4.78, 5) is 0. The van der Waals surface area contributed by atoms with Crippen molar-refractivity contribution in [3.8, 4) is 11.1 Å². The molecule has 90 valence electrons. The molecule has 0 heterocycles. The van der Waals surface area contributed by atoms with E-state index in [-0.39, 0.29) is 18.9 Å². The molecule has 0 saturated carbocycles. The standard InChI is InChI=1S/C19H13.Li/c1-2-7-16-13-17(10-9-14(16)5-1)19-12-11-15-6-3-4-8-18(15)19;/h1-13H;/q-1;+1. The van der Waals surface area contributed by atoms with Crippen LogP contribution in [-0.4, -0.2) is 0 Å². The molecule has 4 aromatic rings. The van der Waals surface area contributed by atoms with Crippen LogP contribution in [0.2, 0.25) is 0 Å². The number of hydrogen-bond acceptors (Lipinski definition) is 0. The molecule has 0 atom stereocenters.